The molecule has 25 heavy (non-hydrogen) atoms. The van der Waals surface area contributed by atoms with Gasteiger partial charge in [0.2, 0.25) is 0 Å². The summed E-state index contributed by atoms with van der Waals surface area (Å²) in [6.07, 6.45) is 3.14. The monoisotopic (exact) mass is 355 g/mol. The lowest BCUT2D eigenvalue weighted by Crippen LogP contribution is -2.24. The summed E-state index contributed by atoms with van der Waals surface area (Å²) >= 11 is 0. The summed E-state index contributed by atoms with van der Waals surface area (Å²) in [7, 11) is 0. The van der Waals surface area contributed by atoms with Crippen molar-refractivity contribution in [3.05, 3.63) is 34.4 Å². The fourth-order valence-electron chi connectivity index (χ4n) is 2.29. The van der Waals surface area contributed by atoms with Crippen LogP contribution in [0.1, 0.15) is 19.3 Å². The third kappa shape index (κ3) is 8.26. The second kappa shape index (κ2) is 11.8. The first-order chi connectivity index (χ1) is 12.3. The molecule has 8 heteroatoms. The van der Waals surface area contributed by atoms with Crippen LogP contribution in [0.25, 0.3) is 0 Å². The minimum atomic E-state index is -0.444. The number of nitro groups is 1. The third-order valence-corrected chi connectivity index (χ3v) is 3.59. The highest BCUT2D eigenvalue weighted by atomic mass is 16.7. The molecule has 8 nitrogen and oxygen atoms in total. The van der Waals surface area contributed by atoms with E-state index in [9.17, 15) is 10.1 Å². The van der Waals surface area contributed by atoms with Crippen molar-refractivity contribution >= 4 is 5.69 Å². The lowest BCUT2D eigenvalue weighted by molar-refractivity contribution is -0.384. The zero-order chi connectivity index (χ0) is 17.7. The molecule has 0 aliphatic carbocycles. The summed E-state index contributed by atoms with van der Waals surface area (Å²) in [5, 5.41) is 10.5. The van der Waals surface area contributed by atoms with E-state index in [1.807, 2.05) is 0 Å². The van der Waals surface area contributed by atoms with Gasteiger partial charge in [-0.1, -0.05) is 0 Å². The number of hydrogen-bond donors (Lipinski definition) is 0. The number of ether oxygens (including phenoxy) is 5. The van der Waals surface area contributed by atoms with Gasteiger partial charge in [0.15, 0.2) is 6.29 Å². The molecule has 1 heterocycles. The Hall–Kier alpha value is -1.74. The van der Waals surface area contributed by atoms with Crippen molar-refractivity contribution in [3.8, 4) is 5.75 Å². The van der Waals surface area contributed by atoms with E-state index in [-0.39, 0.29) is 12.0 Å². The molecule has 1 atom stereocenters. The average Bonchev–Trinajstić information content (AvgIpc) is 2.64. The number of hydrogen-bond acceptors (Lipinski definition) is 7. The first-order valence-electron chi connectivity index (χ1n) is 8.51. The van der Waals surface area contributed by atoms with E-state index < -0.39 is 4.92 Å². The molecule has 140 valence electrons. The average molecular weight is 355 g/mol. The molecule has 0 N–H and O–H groups in total. The minimum absolute atomic E-state index is 0.0415. The van der Waals surface area contributed by atoms with Crippen molar-refractivity contribution in [2.45, 2.75) is 25.6 Å². The largest absolute Gasteiger partial charge is 0.491 e. The van der Waals surface area contributed by atoms with E-state index in [4.69, 9.17) is 23.7 Å². The van der Waals surface area contributed by atoms with Gasteiger partial charge in [0, 0.05) is 18.7 Å². The molecule has 0 aromatic heterocycles. The molecule has 0 radical (unpaired) electrons. The van der Waals surface area contributed by atoms with Crippen molar-refractivity contribution < 1.29 is 28.6 Å². The molecule has 1 saturated heterocycles. The van der Waals surface area contributed by atoms with Crippen molar-refractivity contribution in [3.63, 3.8) is 0 Å². The number of nitrogens with zero attached hydrogens (tertiary/aromatic N) is 1. The second-order valence-corrected chi connectivity index (χ2v) is 5.49. The highest BCUT2D eigenvalue weighted by Crippen LogP contribution is 2.17. The third-order valence-electron chi connectivity index (χ3n) is 3.59. The van der Waals surface area contributed by atoms with Crippen LogP contribution >= 0.6 is 0 Å². The van der Waals surface area contributed by atoms with Gasteiger partial charge in [-0.25, -0.2) is 0 Å². The Kier molecular flexibility index (Phi) is 9.21. The maximum atomic E-state index is 10.5. The highest BCUT2D eigenvalue weighted by Gasteiger charge is 2.13. The lowest BCUT2D eigenvalue weighted by atomic mass is 10.2. The van der Waals surface area contributed by atoms with E-state index in [1.165, 1.54) is 12.1 Å². The molecular weight excluding hydrogens is 330 g/mol. The molecule has 0 bridgehead atoms. The van der Waals surface area contributed by atoms with Gasteiger partial charge < -0.3 is 23.7 Å². The van der Waals surface area contributed by atoms with Crippen molar-refractivity contribution in [2.24, 2.45) is 0 Å². The summed E-state index contributed by atoms with van der Waals surface area (Å²) in [5.74, 6) is 0.576. The first kappa shape index (κ1) is 19.6. The first-order valence-corrected chi connectivity index (χ1v) is 8.51. The number of nitro benzene ring substituents is 1. The zero-order valence-corrected chi connectivity index (χ0v) is 14.3. The molecule has 1 fully saturated rings. The molecule has 1 aromatic carbocycles. The summed E-state index contributed by atoms with van der Waals surface area (Å²) in [4.78, 5) is 10.1. The van der Waals surface area contributed by atoms with Crippen LogP contribution in [0.5, 0.6) is 5.75 Å². The Morgan fingerprint density at radius 1 is 1.00 bits per heavy atom. The Bertz CT molecular complexity index is 488. The highest BCUT2D eigenvalue weighted by molar-refractivity contribution is 5.35. The fourth-order valence-corrected chi connectivity index (χ4v) is 2.29. The molecule has 0 amide bonds. The molecule has 1 aliphatic heterocycles. The van der Waals surface area contributed by atoms with Gasteiger partial charge in [-0.3, -0.25) is 10.1 Å². The molecule has 0 saturated carbocycles. The Morgan fingerprint density at radius 2 is 1.68 bits per heavy atom. The van der Waals surface area contributed by atoms with Crippen LogP contribution in [0.3, 0.4) is 0 Å². The van der Waals surface area contributed by atoms with E-state index >= 15 is 0 Å². The van der Waals surface area contributed by atoms with Crippen molar-refractivity contribution in [2.75, 3.05) is 46.2 Å². The predicted octanol–water partition coefficient (Wildman–Crippen LogP) is 2.55. The standard InChI is InChI=1S/C17H25NO7/c19-18(20)15-4-6-16(7-5-15)23-13-11-21-9-10-22-12-14-25-17-3-1-2-8-24-17/h4-7,17H,1-3,8-14H2. The lowest BCUT2D eigenvalue weighted by Gasteiger charge is -2.22. The normalized spacial score (nSPS) is 17.4. The maximum absolute atomic E-state index is 10.5. The van der Waals surface area contributed by atoms with Gasteiger partial charge in [-0.2, -0.15) is 0 Å². The number of benzene rings is 1. The summed E-state index contributed by atoms with van der Waals surface area (Å²) in [6, 6.07) is 5.95. The summed E-state index contributed by atoms with van der Waals surface area (Å²) in [6.45, 7) is 3.58. The molecule has 1 aliphatic rings. The van der Waals surface area contributed by atoms with Crippen LogP contribution in [-0.2, 0) is 18.9 Å². The van der Waals surface area contributed by atoms with Gasteiger partial charge in [0.05, 0.1) is 38.0 Å². The zero-order valence-electron chi connectivity index (χ0n) is 14.3. The summed E-state index contributed by atoms with van der Waals surface area (Å²) in [5.41, 5.74) is 0.0415. The van der Waals surface area contributed by atoms with Crippen LogP contribution in [0.2, 0.25) is 0 Å². The van der Waals surface area contributed by atoms with Gasteiger partial charge >= 0.3 is 0 Å². The second-order valence-electron chi connectivity index (χ2n) is 5.49. The maximum Gasteiger partial charge on any atom is 0.269 e. The smallest absolute Gasteiger partial charge is 0.269 e. The predicted molar refractivity (Wildman–Crippen MR) is 89.8 cm³/mol. The van der Waals surface area contributed by atoms with Crippen LogP contribution in [-0.4, -0.2) is 57.5 Å². The topological polar surface area (TPSA) is 89.3 Å². The fraction of sp³-hybridized carbons (Fsp3) is 0.647. The van der Waals surface area contributed by atoms with Gasteiger partial charge in [-0.05, 0) is 31.4 Å². The van der Waals surface area contributed by atoms with Crippen LogP contribution in [0, 0.1) is 10.1 Å². The Balaban J connectivity index is 1.38. The van der Waals surface area contributed by atoms with Crippen LogP contribution in [0.15, 0.2) is 24.3 Å². The molecule has 0 spiro atoms. The summed E-state index contributed by atoms with van der Waals surface area (Å²) < 4.78 is 27.2. The van der Waals surface area contributed by atoms with Crippen LogP contribution in [0.4, 0.5) is 5.69 Å². The van der Waals surface area contributed by atoms with E-state index in [2.05, 4.69) is 0 Å². The minimum Gasteiger partial charge on any atom is -0.491 e. The Morgan fingerprint density at radius 3 is 2.32 bits per heavy atom. The van der Waals surface area contributed by atoms with E-state index in [0.29, 0.717) is 45.4 Å². The van der Waals surface area contributed by atoms with Gasteiger partial charge in [-0.15, -0.1) is 0 Å². The van der Waals surface area contributed by atoms with E-state index in [1.54, 1.807) is 12.1 Å². The van der Waals surface area contributed by atoms with Crippen molar-refractivity contribution in [1.29, 1.82) is 0 Å². The Labute approximate surface area is 147 Å². The SMILES string of the molecule is O=[N+]([O-])c1ccc(OCCOCCOCCOC2CCCCO2)cc1. The van der Waals surface area contributed by atoms with Gasteiger partial charge in [0.25, 0.3) is 5.69 Å². The van der Waals surface area contributed by atoms with E-state index in [0.717, 1.165) is 25.9 Å². The molecule has 1 unspecified atom stereocenters. The van der Waals surface area contributed by atoms with Crippen LogP contribution < -0.4 is 4.74 Å². The molecular formula is C17H25NO7. The molecule has 2 rings (SSSR count). The van der Waals surface area contributed by atoms with Gasteiger partial charge in [0.1, 0.15) is 12.4 Å². The molecule has 1 aromatic rings. The van der Waals surface area contributed by atoms with Crippen molar-refractivity contribution in [1.82, 2.24) is 0 Å². The number of non-ortho nitro benzene ring substituents is 1. The number of rotatable bonds is 12. The quantitative estimate of drug-likeness (QED) is 0.323.